The van der Waals surface area contributed by atoms with Crippen molar-refractivity contribution in [3.05, 3.63) is 0 Å². The summed E-state index contributed by atoms with van der Waals surface area (Å²) in [7, 11) is -5.86. The molecular weight excluding hydrogens is 253 g/mol. The van der Waals surface area contributed by atoms with Crippen LogP contribution in [0.4, 0.5) is 13.2 Å². The molecule has 1 atom stereocenters. The summed E-state index contributed by atoms with van der Waals surface area (Å²) < 4.78 is 60.4. The van der Waals surface area contributed by atoms with Crippen LogP contribution in [0.2, 0.25) is 0 Å². The zero-order valence-corrected chi connectivity index (χ0v) is 9.18. The Morgan fingerprint density at radius 3 is 1.94 bits per heavy atom. The van der Waals surface area contributed by atoms with E-state index in [4.69, 9.17) is 0 Å². The van der Waals surface area contributed by atoms with Crippen molar-refractivity contribution in [3.63, 3.8) is 0 Å². The number of halogens is 3. The number of carbonyl (C=O) groups excluding carboxylic acids is 2. The van der Waals surface area contributed by atoms with Crippen molar-refractivity contribution in [2.24, 2.45) is 0 Å². The molecule has 0 N–H and O–H groups in total. The molecule has 9 heteroatoms. The number of hydrogen-bond donors (Lipinski definition) is 0. The molecule has 0 saturated carbocycles. The average molecular weight is 262 g/mol. The lowest BCUT2D eigenvalue weighted by Gasteiger charge is -2.14. The van der Waals surface area contributed by atoms with E-state index in [9.17, 15) is 31.2 Å². The quantitative estimate of drug-likeness (QED) is 0.540. The minimum Gasteiger partial charge on any atom is -0.300 e. The largest absolute Gasteiger partial charge is 0.523 e. The molecule has 0 aliphatic rings. The Kier molecular flexibility index (Phi) is 4.62. The first kappa shape index (κ1) is 15.0. The van der Waals surface area contributed by atoms with Gasteiger partial charge in [0.25, 0.3) is 0 Å². The molecule has 0 heterocycles. The lowest BCUT2D eigenvalue weighted by atomic mass is 10.1. The Hall–Kier alpha value is -0.960. The summed E-state index contributed by atoms with van der Waals surface area (Å²) in [5.41, 5.74) is -5.61. The predicted molar refractivity (Wildman–Crippen MR) is 45.8 cm³/mol. The maximum atomic E-state index is 11.9. The summed E-state index contributed by atoms with van der Waals surface area (Å²) in [6.45, 7) is 1.83. The number of hydrogen-bond acceptors (Lipinski definition) is 5. The van der Waals surface area contributed by atoms with Crippen molar-refractivity contribution in [3.8, 4) is 0 Å². The second kappa shape index (κ2) is 4.91. The van der Waals surface area contributed by atoms with E-state index in [-0.39, 0.29) is 0 Å². The van der Waals surface area contributed by atoms with Crippen LogP contribution in [-0.4, -0.2) is 31.6 Å². The first-order valence-electron chi connectivity index (χ1n) is 3.97. The molecule has 0 rings (SSSR count). The number of carbonyl (C=O) groups is 2. The Bertz CT molecular complexity index is 383. The van der Waals surface area contributed by atoms with Crippen LogP contribution in [0.15, 0.2) is 0 Å². The monoisotopic (exact) mass is 262 g/mol. The van der Waals surface area contributed by atoms with E-state index in [1.54, 1.807) is 0 Å². The zero-order valence-electron chi connectivity index (χ0n) is 8.37. The van der Waals surface area contributed by atoms with E-state index in [2.05, 4.69) is 4.18 Å². The summed E-state index contributed by atoms with van der Waals surface area (Å²) in [4.78, 5) is 21.4. The van der Waals surface area contributed by atoms with Gasteiger partial charge in [-0.05, 0) is 13.8 Å². The number of Topliss-reactive ketones (excluding diaryl/α,β-unsaturated/α-hetero) is 2. The van der Waals surface area contributed by atoms with Gasteiger partial charge in [-0.15, -0.1) is 0 Å². The van der Waals surface area contributed by atoms with Crippen molar-refractivity contribution in [1.29, 1.82) is 0 Å². The molecule has 5 nitrogen and oxygen atoms in total. The SMILES string of the molecule is CC(=O)C[C@H](OS(=O)(=O)C(F)(F)F)C(C)=O. The van der Waals surface area contributed by atoms with E-state index in [0.29, 0.717) is 0 Å². The van der Waals surface area contributed by atoms with Crippen LogP contribution < -0.4 is 0 Å². The zero-order chi connectivity index (χ0) is 13.1. The summed E-state index contributed by atoms with van der Waals surface area (Å²) >= 11 is 0. The highest BCUT2D eigenvalue weighted by Gasteiger charge is 2.49. The molecule has 0 unspecified atom stereocenters. The van der Waals surface area contributed by atoms with Crippen molar-refractivity contribution < 1.29 is 35.4 Å². The van der Waals surface area contributed by atoms with Gasteiger partial charge >= 0.3 is 15.6 Å². The van der Waals surface area contributed by atoms with Crippen LogP contribution in [-0.2, 0) is 23.9 Å². The molecule has 0 amide bonds. The molecule has 0 radical (unpaired) electrons. The Morgan fingerprint density at radius 1 is 1.25 bits per heavy atom. The van der Waals surface area contributed by atoms with Gasteiger partial charge in [-0.2, -0.15) is 21.6 Å². The highest BCUT2D eigenvalue weighted by Crippen LogP contribution is 2.26. The fourth-order valence-corrected chi connectivity index (χ4v) is 1.33. The molecule has 16 heavy (non-hydrogen) atoms. The lowest BCUT2D eigenvalue weighted by Crippen LogP contribution is -2.34. The second-order valence-corrected chi connectivity index (χ2v) is 4.57. The van der Waals surface area contributed by atoms with Crippen LogP contribution >= 0.6 is 0 Å². The predicted octanol–water partition coefficient (Wildman–Crippen LogP) is 0.789. The summed E-state index contributed by atoms with van der Waals surface area (Å²) in [6, 6.07) is 0. The summed E-state index contributed by atoms with van der Waals surface area (Å²) in [5, 5.41) is 0. The molecule has 0 spiro atoms. The molecule has 0 aromatic rings. The van der Waals surface area contributed by atoms with Gasteiger partial charge in [0.15, 0.2) is 5.78 Å². The van der Waals surface area contributed by atoms with E-state index < -0.39 is 39.7 Å². The van der Waals surface area contributed by atoms with Crippen molar-refractivity contribution in [2.75, 3.05) is 0 Å². The van der Waals surface area contributed by atoms with Crippen LogP contribution in [0.3, 0.4) is 0 Å². The third-order valence-electron chi connectivity index (χ3n) is 1.45. The summed E-state index contributed by atoms with van der Waals surface area (Å²) in [5.74, 6) is -1.62. The van der Waals surface area contributed by atoms with Gasteiger partial charge in [0, 0.05) is 6.42 Å². The van der Waals surface area contributed by atoms with Gasteiger partial charge in [-0.25, -0.2) is 0 Å². The maximum Gasteiger partial charge on any atom is 0.523 e. The van der Waals surface area contributed by atoms with Gasteiger partial charge < -0.3 is 0 Å². The Balaban J connectivity index is 4.91. The van der Waals surface area contributed by atoms with Gasteiger partial charge in [-0.1, -0.05) is 0 Å². The molecule has 0 aliphatic heterocycles. The number of ketones is 2. The van der Waals surface area contributed by atoms with Crippen LogP contribution in [0.5, 0.6) is 0 Å². The summed E-state index contributed by atoms with van der Waals surface area (Å²) in [6.07, 6.45) is -2.64. The molecule has 0 saturated heterocycles. The van der Waals surface area contributed by atoms with Gasteiger partial charge in [-0.3, -0.25) is 13.8 Å². The van der Waals surface area contributed by atoms with Crippen LogP contribution in [0.25, 0.3) is 0 Å². The topological polar surface area (TPSA) is 77.5 Å². The van der Waals surface area contributed by atoms with Gasteiger partial charge in [0.1, 0.15) is 11.9 Å². The molecule has 0 aliphatic carbocycles. The smallest absolute Gasteiger partial charge is 0.300 e. The molecule has 0 bridgehead atoms. The third kappa shape index (κ3) is 4.27. The normalized spacial score (nSPS) is 14.6. The minimum absolute atomic E-state index is 0.655. The van der Waals surface area contributed by atoms with Crippen molar-refractivity contribution >= 4 is 21.7 Å². The Labute approximate surface area is 89.7 Å². The van der Waals surface area contributed by atoms with E-state index in [1.165, 1.54) is 0 Å². The van der Waals surface area contributed by atoms with E-state index in [0.717, 1.165) is 13.8 Å². The average Bonchev–Trinajstić information content (AvgIpc) is 1.98. The second-order valence-electron chi connectivity index (χ2n) is 3.00. The highest BCUT2D eigenvalue weighted by atomic mass is 32.2. The third-order valence-corrected chi connectivity index (χ3v) is 2.51. The van der Waals surface area contributed by atoms with Gasteiger partial charge in [0.05, 0.1) is 0 Å². The van der Waals surface area contributed by atoms with Crippen molar-refractivity contribution in [2.45, 2.75) is 31.9 Å². The molecule has 0 aromatic heterocycles. The van der Waals surface area contributed by atoms with E-state index >= 15 is 0 Å². The first-order valence-corrected chi connectivity index (χ1v) is 5.37. The highest BCUT2D eigenvalue weighted by molar-refractivity contribution is 7.87. The Morgan fingerprint density at radius 2 is 1.69 bits per heavy atom. The molecule has 0 fully saturated rings. The lowest BCUT2D eigenvalue weighted by molar-refractivity contribution is -0.129. The minimum atomic E-state index is -5.86. The van der Waals surface area contributed by atoms with Crippen LogP contribution in [0.1, 0.15) is 20.3 Å². The number of rotatable bonds is 5. The molecule has 0 aromatic carbocycles. The standard InChI is InChI=1S/C7H9F3O5S/c1-4(11)3-6(5(2)12)15-16(13,14)7(8,9)10/h6H,3H2,1-2H3/t6-/m0/s1. The number of alkyl halides is 3. The fraction of sp³-hybridized carbons (Fsp3) is 0.714. The first-order chi connectivity index (χ1) is 6.97. The van der Waals surface area contributed by atoms with Crippen LogP contribution in [0, 0.1) is 0 Å². The molecule has 94 valence electrons. The van der Waals surface area contributed by atoms with Gasteiger partial charge in [0.2, 0.25) is 0 Å². The fourth-order valence-electron chi connectivity index (χ4n) is 0.714. The van der Waals surface area contributed by atoms with Crippen molar-refractivity contribution in [1.82, 2.24) is 0 Å². The molecular formula is C7H9F3O5S. The maximum absolute atomic E-state index is 11.9. The van der Waals surface area contributed by atoms with E-state index in [1.807, 2.05) is 0 Å².